The summed E-state index contributed by atoms with van der Waals surface area (Å²) in [7, 11) is 1.63. The maximum Gasteiger partial charge on any atom is 0.274 e. The Morgan fingerprint density at radius 2 is 2.04 bits per heavy atom. The second kappa shape index (κ2) is 9.75. The van der Waals surface area contributed by atoms with Gasteiger partial charge in [-0.2, -0.15) is 0 Å². The van der Waals surface area contributed by atoms with Gasteiger partial charge in [0.2, 0.25) is 5.91 Å². The molecule has 2 amide bonds. The molecule has 3 rings (SSSR count). The lowest BCUT2D eigenvalue weighted by atomic mass is 9.93. The average Bonchev–Trinajstić information content (AvgIpc) is 2.74. The molecule has 27 heavy (non-hydrogen) atoms. The zero-order chi connectivity index (χ0) is 19.1. The van der Waals surface area contributed by atoms with E-state index in [1.165, 1.54) is 6.20 Å². The van der Waals surface area contributed by atoms with E-state index in [0.717, 1.165) is 51.9 Å². The Morgan fingerprint density at radius 3 is 2.74 bits per heavy atom. The highest BCUT2D eigenvalue weighted by Gasteiger charge is 2.32. The van der Waals surface area contributed by atoms with Gasteiger partial charge in [-0.05, 0) is 32.2 Å². The number of nitrogens with one attached hydrogen (secondary N) is 1. The minimum atomic E-state index is -0.0457. The molecule has 2 aliphatic heterocycles. The summed E-state index contributed by atoms with van der Waals surface area (Å²) in [6.07, 6.45) is 8.49. The molecule has 2 aliphatic rings. The van der Waals surface area contributed by atoms with Gasteiger partial charge >= 0.3 is 0 Å². The molecule has 8 heteroatoms. The number of methoxy groups -OCH3 is 1. The zero-order valence-corrected chi connectivity index (χ0v) is 16.0. The number of likely N-dealkylation sites (tertiary alicyclic amines) is 2. The average molecular weight is 375 g/mol. The van der Waals surface area contributed by atoms with E-state index in [9.17, 15) is 9.59 Å². The topological polar surface area (TPSA) is 87.7 Å². The van der Waals surface area contributed by atoms with Crippen LogP contribution in [0.1, 0.15) is 36.2 Å². The lowest BCUT2D eigenvalue weighted by molar-refractivity contribution is -0.127. The molecular formula is C19H29N5O3. The number of carbonyl (C=O) groups excluding carboxylic acids is 2. The van der Waals surface area contributed by atoms with Gasteiger partial charge in [-0.1, -0.05) is 0 Å². The maximum atomic E-state index is 12.5. The van der Waals surface area contributed by atoms with Gasteiger partial charge in [0.05, 0.1) is 18.7 Å². The van der Waals surface area contributed by atoms with E-state index in [2.05, 4.69) is 20.2 Å². The van der Waals surface area contributed by atoms with E-state index in [1.54, 1.807) is 19.5 Å². The molecular weight excluding hydrogens is 346 g/mol. The van der Waals surface area contributed by atoms with Gasteiger partial charge in [0.1, 0.15) is 5.69 Å². The quantitative estimate of drug-likeness (QED) is 0.731. The van der Waals surface area contributed by atoms with Gasteiger partial charge in [0.25, 0.3) is 5.91 Å². The van der Waals surface area contributed by atoms with E-state index in [-0.39, 0.29) is 17.7 Å². The Labute approximate surface area is 160 Å². The van der Waals surface area contributed by atoms with E-state index in [4.69, 9.17) is 4.74 Å². The fraction of sp³-hybridized carbons (Fsp3) is 0.684. The molecule has 1 unspecified atom stereocenters. The van der Waals surface area contributed by atoms with Gasteiger partial charge in [0, 0.05) is 51.7 Å². The first-order valence-electron chi connectivity index (χ1n) is 9.75. The highest BCUT2D eigenvalue weighted by Crippen LogP contribution is 2.24. The van der Waals surface area contributed by atoms with Gasteiger partial charge in [-0.25, -0.2) is 4.98 Å². The lowest BCUT2D eigenvalue weighted by Crippen LogP contribution is -2.51. The van der Waals surface area contributed by atoms with E-state index >= 15 is 0 Å². The first kappa shape index (κ1) is 19.7. The molecule has 1 N–H and O–H groups in total. The van der Waals surface area contributed by atoms with Gasteiger partial charge in [0.15, 0.2) is 0 Å². The molecule has 1 aromatic heterocycles. The van der Waals surface area contributed by atoms with Crippen LogP contribution in [0, 0.1) is 5.92 Å². The van der Waals surface area contributed by atoms with Crippen molar-refractivity contribution in [3.05, 3.63) is 24.3 Å². The van der Waals surface area contributed by atoms with Crippen LogP contribution in [0.5, 0.6) is 0 Å². The van der Waals surface area contributed by atoms with Crippen LogP contribution in [0.15, 0.2) is 18.6 Å². The van der Waals surface area contributed by atoms with Gasteiger partial charge in [-0.15, -0.1) is 0 Å². The maximum absolute atomic E-state index is 12.5. The SMILES string of the molecule is COCCNC(=O)C1CCCN(C2CCN(C(=O)c3cnccn3)CC2)C1. The predicted molar refractivity (Wildman–Crippen MR) is 100 cm³/mol. The van der Waals surface area contributed by atoms with Crippen molar-refractivity contribution in [3.8, 4) is 0 Å². The van der Waals surface area contributed by atoms with Crippen molar-refractivity contribution < 1.29 is 14.3 Å². The highest BCUT2D eigenvalue weighted by atomic mass is 16.5. The molecule has 1 atom stereocenters. The molecule has 8 nitrogen and oxygen atoms in total. The second-order valence-electron chi connectivity index (χ2n) is 7.23. The largest absolute Gasteiger partial charge is 0.383 e. The van der Waals surface area contributed by atoms with Crippen molar-refractivity contribution in [1.29, 1.82) is 0 Å². The molecule has 0 saturated carbocycles. The first-order valence-corrected chi connectivity index (χ1v) is 9.75. The number of aromatic nitrogens is 2. The molecule has 0 spiro atoms. The van der Waals surface area contributed by atoms with E-state index in [0.29, 0.717) is 24.9 Å². The molecule has 1 aromatic rings. The number of carbonyl (C=O) groups is 2. The Morgan fingerprint density at radius 1 is 1.22 bits per heavy atom. The molecule has 2 saturated heterocycles. The van der Waals surface area contributed by atoms with E-state index in [1.807, 2.05) is 4.90 Å². The monoisotopic (exact) mass is 375 g/mol. The Bertz CT molecular complexity index is 619. The van der Waals surface area contributed by atoms with Crippen LogP contribution in [0.25, 0.3) is 0 Å². The molecule has 0 aromatic carbocycles. The number of piperidine rings is 2. The minimum absolute atomic E-state index is 0.0457. The molecule has 2 fully saturated rings. The Balaban J connectivity index is 1.47. The molecule has 0 radical (unpaired) electrons. The fourth-order valence-corrected chi connectivity index (χ4v) is 3.98. The third-order valence-corrected chi connectivity index (χ3v) is 5.48. The van der Waals surface area contributed by atoms with Crippen molar-refractivity contribution in [2.45, 2.75) is 31.7 Å². The standard InChI is InChI=1S/C19H29N5O3/c1-27-12-8-22-18(25)15-3-2-9-24(14-15)16-4-10-23(11-5-16)19(26)17-13-20-6-7-21-17/h6-7,13,15-16H,2-5,8-12,14H2,1H3,(H,22,25). The third kappa shape index (κ3) is 5.23. The summed E-state index contributed by atoms with van der Waals surface area (Å²) in [5, 5.41) is 2.96. The van der Waals surface area contributed by atoms with Crippen LogP contribution in [-0.2, 0) is 9.53 Å². The summed E-state index contributed by atoms with van der Waals surface area (Å²) < 4.78 is 4.99. The van der Waals surface area contributed by atoms with Crippen LogP contribution in [-0.4, -0.2) is 84.1 Å². The summed E-state index contributed by atoms with van der Waals surface area (Å²) >= 11 is 0. The molecule has 3 heterocycles. The van der Waals surface area contributed by atoms with Crippen molar-refractivity contribution >= 4 is 11.8 Å². The first-order chi connectivity index (χ1) is 13.2. The summed E-state index contributed by atoms with van der Waals surface area (Å²) in [6.45, 7) is 4.39. The van der Waals surface area contributed by atoms with Crippen molar-refractivity contribution in [3.63, 3.8) is 0 Å². The number of hydrogen-bond donors (Lipinski definition) is 1. The molecule has 0 bridgehead atoms. The summed E-state index contributed by atoms with van der Waals surface area (Å²) in [5.74, 6) is 0.137. The van der Waals surface area contributed by atoms with Crippen LogP contribution in [0.2, 0.25) is 0 Å². The highest BCUT2D eigenvalue weighted by molar-refractivity contribution is 5.92. The number of nitrogens with zero attached hydrogens (tertiary/aromatic N) is 4. The van der Waals surface area contributed by atoms with Crippen LogP contribution in [0.3, 0.4) is 0 Å². The zero-order valence-electron chi connectivity index (χ0n) is 16.0. The number of hydrogen-bond acceptors (Lipinski definition) is 6. The Hall–Kier alpha value is -2.06. The van der Waals surface area contributed by atoms with Crippen molar-refractivity contribution in [1.82, 2.24) is 25.1 Å². The normalized spacial score (nSPS) is 21.8. The molecule has 148 valence electrons. The number of ether oxygens (including phenoxy) is 1. The smallest absolute Gasteiger partial charge is 0.274 e. The third-order valence-electron chi connectivity index (χ3n) is 5.48. The fourth-order valence-electron chi connectivity index (χ4n) is 3.98. The van der Waals surface area contributed by atoms with Crippen LogP contribution >= 0.6 is 0 Å². The Kier molecular flexibility index (Phi) is 7.11. The number of amides is 2. The van der Waals surface area contributed by atoms with E-state index < -0.39 is 0 Å². The van der Waals surface area contributed by atoms with Crippen LogP contribution < -0.4 is 5.32 Å². The summed E-state index contributed by atoms with van der Waals surface area (Å²) in [6, 6.07) is 0.436. The van der Waals surface area contributed by atoms with Gasteiger partial charge in [-0.3, -0.25) is 19.5 Å². The number of rotatable bonds is 6. The lowest BCUT2D eigenvalue weighted by Gasteiger charge is -2.42. The second-order valence-corrected chi connectivity index (χ2v) is 7.23. The molecule has 0 aliphatic carbocycles. The van der Waals surface area contributed by atoms with Crippen molar-refractivity contribution in [2.24, 2.45) is 5.92 Å². The van der Waals surface area contributed by atoms with Gasteiger partial charge < -0.3 is 15.0 Å². The van der Waals surface area contributed by atoms with Crippen LogP contribution in [0.4, 0.5) is 0 Å². The van der Waals surface area contributed by atoms with Crippen molar-refractivity contribution in [2.75, 3.05) is 46.4 Å². The predicted octanol–water partition coefficient (Wildman–Crippen LogP) is 0.556. The minimum Gasteiger partial charge on any atom is -0.383 e. The summed E-state index contributed by atoms with van der Waals surface area (Å²) in [5.41, 5.74) is 0.404. The summed E-state index contributed by atoms with van der Waals surface area (Å²) in [4.78, 5) is 37.2.